The highest BCUT2D eigenvalue weighted by molar-refractivity contribution is 14.1. The van der Waals surface area contributed by atoms with Crippen LogP contribution in [0, 0.1) is 13.7 Å². The molecule has 1 aromatic heterocycles. The van der Waals surface area contributed by atoms with Crippen LogP contribution >= 0.6 is 22.6 Å². The van der Waals surface area contributed by atoms with Crippen LogP contribution in [0.5, 0.6) is 0 Å². The summed E-state index contributed by atoms with van der Waals surface area (Å²) in [5.41, 5.74) is 1.38. The molecule has 0 bridgehead atoms. The molecule has 17 heavy (non-hydrogen) atoms. The largest absolute Gasteiger partial charge is 0.388 e. The minimum Gasteiger partial charge on any atom is -0.388 e. The van der Waals surface area contributed by atoms with Gasteiger partial charge in [-0.1, -0.05) is 0 Å². The van der Waals surface area contributed by atoms with Crippen molar-refractivity contribution in [1.82, 2.24) is 9.78 Å². The third-order valence-corrected chi connectivity index (χ3v) is 2.77. The molecule has 7 heteroatoms. The lowest BCUT2D eigenvalue weighted by atomic mass is 10.2. The first-order valence-corrected chi connectivity index (χ1v) is 5.86. The highest BCUT2D eigenvalue weighted by atomic mass is 127. The summed E-state index contributed by atoms with van der Waals surface area (Å²) in [6.45, 7) is 0. The standard InChI is InChI=1S/C10H9IN4O2/c1-12-8-2-9(4-10(3-8)15(16)17)14-6-7(11)5-13-14/h2-6,12H,1H3. The molecule has 2 rings (SSSR count). The summed E-state index contributed by atoms with van der Waals surface area (Å²) in [7, 11) is 1.72. The maximum absolute atomic E-state index is 10.8. The van der Waals surface area contributed by atoms with Gasteiger partial charge >= 0.3 is 0 Å². The highest BCUT2D eigenvalue weighted by Crippen LogP contribution is 2.23. The number of nitrogens with zero attached hydrogens (tertiary/aromatic N) is 3. The van der Waals surface area contributed by atoms with E-state index in [4.69, 9.17) is 0 Å². The summed E-state index contributed by atoms with van der Waals surface area (Å²) in [4.78, 5) is 10.4. The molecule has 1 aromatic carbocycles. The van der Waals surface area contributed by atoms with Gasteiger partial charge in [0.25, 0.3) is 5.69 Å². The number of benzene rings is 1. The fourth-order valence-electron chi connectivity index (χ4n) is 1.42. The van der Waals surface area contributed by atoms with E-state index in [0.29, 0.717) is 11.4 Å². The van der Waals surface area contributed by atoms with E-state index in [-0.39, 0.29) is 5.69 Å². The molecule has 0 saturated carbocycles. The molecule has 1 heterocycles. The first kappa shape index (κ1) is 11.8. The van der Waals surface area contributed by atoms with E-state index in [0.717, 1.165) is 3.57 Å². The van der Waals surface area contributed by atoms with Gasteiger partial charge in [-0.05, 0) is 28.7 Å². The second-order valence-corrected chi connectivity index (χ2v) is 4.59. The summed E-state index contributed by atoms with van der Waals surface area (Å²) in [5.74, 6) is 0. The number of halogens is 1. The van der Waals surface area contributed by atoms with Gasteiger partial charge in [0.1, 0.15) is 0 Å². The van der Waals surface area contributed by atoms with Crippen molar-refractivity contribution < 1.29 is 4.92 Å². The van der Waals surface area contributed by atoms with E-state index in [9.17, 15) is 10.1 Å². The molecule has 0 spiro atoms. The molecule has 0 unspecified atom stereocenters. The van der Waals surface area contributed by atoms with Crippen molar-refractivity contribution >= 4 is 34.0 Å². The average molecular weight is 344 g/mol. The van der Waals surface area contributed by atoms with Gasteiger partial charge in [0, 0.05) is 31.1 Å². The van der Waals surface area contributed by atoms with Gasteiger partial charge in [-0.25, -0.2) is 4.68 Å². The van der Waals surface area contributed by atoms with Crippen LogP contribution in [0.25, 0.3) is 5.69 Å². The molecule has 0 saturated heterocycles. The van der Waals surface area contributed by atoms with Crippen molar-refractivity contribution in [3.63, 3.8) is 0 Å². The molecule has 1 N–H and O–H groups in total. The molecule has 0 aliphatic carbocycles. The van der Waals surface area contributed by atoms with Crippen LogP contribution in [0.15, 0.2) is 30.6 Å². The van der Waals surface area contributed by atoms with Crippen LogP contribution in [0.4, 0.5) is 11.4 Å². The number of rotatable bonds is 3. The summed E-state index contributed by atoms with van der Waals surface area (Å²) in [6, 6.07) is 4.78. The fourth-order valence-corrected chi connectivity index (χ4v) is 1.81. The van der Waals surface area contributed by atoms with Crippen molar-refractivity contribution in [3.05, 3.63) is 44.3 Å². The monoisotopic (exact) mass is 344 g/mol. The van der Waals surface area contributed by atoms with Gasteiger partial charge < -0.3 is 5.32 Å². The number of non-ortho nitro benzene ring substituents is 1. The number of hydrogen-bond acceptors (Lipinski definition) is 4. The van der Waals surface area contributed by atoms with Gasteiger partial charge in [0.2, 0.25) is 0 Å². The van der Waals surface area contributed by atoms with Crippen LogP contribution in [0.3, 0.4) is 0 Å². The minimum atomic E-state index is -0.418. The SMILES string of the molecule is CNc1cc(-n2cc(I)cn2)cc([N+](=O)[O-])c1. The van der Waals surface area contributed by atoms with Crippen LogP contribution in [0.1, 0.15) is 0 Å². The van der Waals surface area contributed by atoms with E-state index >= 15 is 0 Å². The zero-order valence-electron chi connectivity index (χ0n) is 8.92. The molecule has 2 aromatic rings. The summed E-state index contributed by atoms with van der Waals surface area (Å²) < 4.78 is 2.58. The first-order chi connectivity index (χ1) is 8.10. The maximum atomic E-state index is 10.8. The molecule has 0 aliphatic heterocycles. The van der Waals surface area contributed by atoms with E-state index in [1.54, 1.807) is 30.2 Å². The van der Waals surface area contributed by atoms with Gasteiger partial charge in [0.05, 0.1) is 20.4 Å². The number of anilines is 1. The van der Waals surface area contributed by atoms with Crippen molar-refractivity contribution in [1.29, 1.82) is 0 Å². The molecule has 6 nitrogen and oxygen atoms in total. The predicted octanol–water partition coefficient (Wildman–Crippen LogP) is 2.43. The minimum absolute atomic E-state index is 0.0392. The van der Waals surface area contributed by atoms with Crippen molar-refractivity contribution in [2.75, 3.05) is 12.4 Å². The molecule has 0 radical (unpaired) electrons. The van der Waals surface area contributed by atoms with Gasteiger partial charge in [-0.3, -0.25) is 10.1 Å². The molecule has 0 aliphatic rings. The Morgan fingerprint density at radius 1 is 1.47 bits per heavy atom. The third-order valence-electron chi connectivity index (χ3n) is 2.22. The quantitative estimate of drug-likeness (QED) is 0.527. The Balaban J connectivity index is 2.53. The predicted molar refractivity (Wildman–Crippen MR) is 72.5 cm³/mol. The molecular formula is C10H9IN4O2. The van der Waals surface area contributed by atoms with Gasteiger partial charge in [0.15, 0.2) is 0 Å². The molecular weight excluding hydrogens is 335 g/mol. The summed E-state index contributed by atoms with van der Waals surface area (Å²) >= 11 is 2.13. The Hall–Kier alpha value is -1.64. The van der Waals surface area contributed by atoms with Crippen molar-refractivity contribution in [2.45, 2.75) is 0 Å². The van der Waals surface area contributed by atoms with Crippen LogP contribution in [-0.2, 0) is 0 Å². The average Bonchev–Trinajstić information content (AvgIpc) is 2.75. The highest BCUT2D eigenvalue weighted by Gasteiger charge is 2.10. The van der Waals surface area contributed by atoms with Crippen molar-refractivity contribution in [2.24, 2.45) is 0 Å². The van der Waals surface area contributed by atoms with E-state index < -0.39 is 4.92 Å². The van der Waals surface area contributed by atoms with E-state index in [1.165, 1.54) is 12.1 Å². The number of nitro benzene ring substituents is 1. The normalized spacial score (nSPS) is 10.2. The fraction of sp³-hybridized carbons (Fsp3) is 0.100. The first-order valence-electron chi connectivity index (χ1n) is 4.78. The third kappa shape index (κ3) is 2.54. The van der Waals surface area contributed by atoms with Crippen molar-refractivity contribution in [3.8, 4) is 5.69 Å². The molecule has 0 amide bonds. The lowest BCUT2D eigenvalue weighted by Gasteiger charge is -2.05. The van der Waals surface area contributed by atoms with Crippen LogP contribution < -0.4 is 5.32 Å². The lowest BCUT2D eigenvalue weighted by molar-refractivity contribution is -0.384. The van der Waals surface area contributed by atoms with E-state index in [1.807, 2.05) is 0 Å². The second-order valence-electron chi connectivity index (χ2n) is 3.35. The topological polar surface area (TPSA) is 73.0 Å². The van der Waals surface area contributed by atoms with Gasteiger partial charge in [-0.2, -0.15) is 5.10 Å². The Morgan fingerprint density at radius 2 is 2.24 bits per heavy atom. The zero-order valence-corrected chi connectivity index (χ0v) is 11.1. The zero-order chi connectivity index (χ0) is 12.4. The molecule has 88 valence electrons. The molecule has 0 atom stereocenters. The number of nitrogens with one attached hydrogen (secondary N) is 1. The molecule has 0 fully saturated rings. The summed E-state index contributed by atoms with van der Waals surface area (Å²) in [6.07, 6.45) is 3.50. The lowest BCUT2D eigenvalue weighted by Crippen LogP contribution is -1.99. The second kappa shape index (κ2) is 4.70. The van der Waals surface area contributed by atoms with Crippen LogP contribution in [0.2, 0.25) is 0 Å². The Kier molecular flexibility index (Phi) is 3.27. The Bertz CT molecular complexity index is 567. The number of nitro groups is 1. The number of aromatic nitrogens is 2. The Labute approximate surface area is 111 Å². The smallest absolute Gasteiger partial charge is 0.273 e. The summed E-state index contributed by atoms with van der Waals surface area (Å²) in [5, 5.41) is 17.8. The Morgan fingerprint density at radius 3 is 2.76 bits per heavy atom. The van der Waals surface area contributed by atoms with Gasteiger partial charge in [-0.15, -0.1) is 0 Å². The van der Waals surface area contributed by atoms with E-state index in [2.05, 4.69) is 33.0 Å². The van der Waals surface area contributed by atoms with Crippen LogP contribution in [-0.4, -0.2) is 21.8 Å². The maximum Gasteiger partial charge on any atom is 0.273 e. The number of hydrogen-bond donors (Lipinski definition) is 1.